The van der Waals surface area contributed by atoms with Crippen molar-refractivity contribution in [3.8, 4) is 0 Å². The third kappa shape index (κ3) is 3.48. The van der Waals surface area contributed by atoms with E-state index in [0.717, 1.165) is 18.7 Å². The van der Waals surface area contributed by atoms with Crippen LogP contribution < -0.4 is 10.6 Å². The van der Waals surface area contributed by atoms with Gasteiger partial charge in [-0.15, -0.1) is 11.3 Å². The smallest absolute Gasteiger partial charge is 0.262 e. The first-order valence-electron chi connectivity index (χ1n) is 4.89. The first-order valence-corrected chi connectivity index (χ1v) is 6.15. The van der Waals surface area contributed by atoms with Crippen LogP contribution in [0.3, 0.4) is 0 Å². The highest BCUT2D eigenvalue weighted by Crippen LogP contribution is 2.26. The molecule has 0 spiro atoms. The average molecular weight is 247 g/mol. The average Bonchev–Trinajstić information content (AvgIpc) is 2.55. The van der Waals surface area contributed by atoms with Crippen molar-refractivity contribution in [1.29, 1.82) is 0 Å². The van der Waals surface area contributed by atoms with Crippen molar-refractivity contribution < 1.29 is 4.79 Å². The van der Waals surface area contributed by atoms with Gasteiger partial charge in [-0.3, -0.25) is 4.79 Å². The summed E-state index contributed by atoms with van der Waals surface area (Å²) in [5.41, 5.74) is 0.957. The number of hydrogen-bond donors (Lipinski definition) is 2. The Kier molecular flexibility index (Phi) is 5.08. The number of hydrogen-bond acceptors (Lipinski definition) is 3. The highest BCUT2D eigenvalue weighted by Gasteiger charge is 2.13. The lowest BCUT2D eigenvalue weighted by atomic mass is 10.3. The summed E-state index contributed by atoms with van der Waals surface area (Å²) < 4.78 is 0. The standard InChI is InChI=1S/C10H15ClN2OS/c1-3-12-4-5-13-10(14)9-8(11)7(2)6-15-9/h6,12H,3-5H2,1-2H3,(H,13,14). The second kappa shape index (κ2) is 6.10. The second-order valence-electron chi connectivity index (χ2n) is 3.17. The lowest BCUT2D eigenvalue weighted by Gasteiger charge is -2.04. The molecule has 0 unspecified atom stereocenters. The van der Waals surface area contributed by atoms with E-state index in [0.29, 0.717) is 16.4 Å². The predicted octanol–water partition coefficient (Wildman–Crippen LogP) is 2.05. The molecule has 3 nitrogen and oxygen atoms in total. The number of likely N-dealkylation sites (N-methyl/N-ethyl adjacent to an activating group) is 1. The molecule has 0 saturated carbocycles. The first-order chi connectivity index (χ1) is 7.16. The molecule has 1 rings (SSSR count). The van der Waals surface area contributed by atoms with Gasteiger partial charge in [-0.05, 0) is 24.4 Å². The molecule has 0 atom stereocenters. The first kappa shape index (κ1) is 12.5. The molecule has 0 fully saturated rings. The normalized spacial score (nSPS) is 10.3. The van der Waals surface area contributed by atoms with Crippen LogP contribution in [0.15, 0.2) is 5.38 Å². The van der Waals surface area contributed by atoms with Crippen molar-refractivity contribution in [3.05, 3.63) is 20.8 Å². The van der Waals surface area contributed by atoms with E-state index < -0.39 is 0 Å². The zero-order valence-corrected chi connectivity index (χ0v) is 10.5. The number of carbonyl (C=O) groups excluding carboxylic acids is 1. The number of nitrogens with one attached hydrogen (secondary N) is 2. The van der Waals surface area contributed by atoms with Crippen molar-refractivity contribution >= 4 is 28.8 Å². The number of aryl methyl sites for hydroxylation is 1. The number of amides is 1. The van der Waals surface area contributed by atoms with Gasteiger partial charge in [0, 0.05) is 13.1 Å². The highest BCUT2D eigenvalue weighted by molar-refractivity contribution is 7.13. The monoisotopic (exact) mass is 246 g/mol. The zero-order valence-electron chi connectivity index (χ0n) is 8.89. The summed E-state index contributed by atoms with van der Waals surface area (Å²) in [7, 11) is 0. The molecule has 15 heavy (non-hydrogen) atoms. The Labute approximate surface area is 98.8 Å². The minimum atomic E-state index is -0.0870. The maximum Gasteiger partial charge on any atom is 0.262 e. The molecule has 1 heterocycles. The minimum Gasteiger partial charge on any atom is -0.350 e. The Hall–Kier alpha value is -0.580. The van der Waals surface area contributed by atoms with Gasteiger partial charge in [0.05, 0.1) is 5.02 Å². The van der Waals surface area contributed by atoms with Crippen LogP contribution in [0.25, 0.3) is 0 Å². The molecule has 0 aliphatic carbocycles. The molecule has 1 aromatic heterocycles. The lowest BCUT2D eigenvalue weighted by molar-refractivity contribution is 0.0958. The van der Waals surface area contributed by atoms with E-state index in [-0.39, 0.29) is 5.91 Å². The molecule has 0 aliphatic heterocycles. The fourth-order valence-electron chi connectivity index (χ4n) is 1.10. The van der Waals surface area contributed by atoms with Gasteiger partial charge in [0.1, 0.15) is 4.88 Å². The Morgan fingerprint density at radius 3 is 2.80 bits per heavy atom. The van der Waals surface area contributed by atoms with Crippen molar-refractivity contribution in [2.24, 2.45) is 0 Å². The fraction of sp³-hybridized carbons (Fsp3) is 0.500. The molecule has 0 bridgehead atoms. The van der Waals surface area contributed by atoms with Crippen LogP contribution in [0.1, 0.15) is 22.2 Å². The van der Waals surface area contributed by atoms with Crippen LogP contribution in [0.2, 0.25) is 5.02 Å². The molecule has 84 valence electrons. The van der Waals surface area contributed by atoms with Gasteiger partial charge in [-0.2, -0.15) is 0 Å². The third-order valence-electron chi connectivity index (χ3n) is 1.94. The molecule has 1 amide bonds. The summed E-state index contributed by atoms with van der Waals surface area (Å²) in [4.78, 5) is 12.2. The Balaban J connectivity index is 2.44. The van der Waals surface area contributed by atoms with Crippen LogP contribution in [0.4, 0.5) is 0 Å². The van der Waals surface area contributed by atoms with Crippen molar-refractivity contribution in [3.63, 3.8) is 0 Å². The molecule has 2 N–H and O–H groups in total. The van der Waals surface area contributed by atoms with Gasteiger partial charge in [-0.1, -0.05) is 18.5 Å². The van der Waals surface area contributed by atoms with E-state index in [9.17, 15) is 4.79 Å². The zero-order chi connectivity index (χ0) is 11.3. The van der Waals surface area contributed by atoms with Crippen molar-refractivity contribution in [1.82, 2.24) is 10.6 Å². The van der Waals surface area contributed by atoms with Crippen LogP contribution in [-0.4, -0.2) is 25.5 Å². The molecule has 0 radical (unpaired) electrons. The van der Waals surface area contributed by atoms with E-state index in [1.54, 1.807) is 0 Å². The number of halogens is 1. The molecule has 5 heteroatoms. The van der Waals surface area contributed by atoms with E-state index >= 15 is 0 Å². The summed E-state index contributed by atoms with van der Waals surface area (Å²) in [5.74, 6) is -0.0870. The molecular weight excluding hydrogens is 232 g/mol. The summed E-state index contributed by atoms with van der Waals surface area (Å²) in [6.07, 6.45) is 0. The van der Waals surface area contributed by atoms with Crippen molar-refractivity contribution in [2.75, 3.05) is 19.6 Å². The SMILES string of the molecule is CCNCCNC(=O)c1scc(C)c1Cl. The Morgan fingerprint density at radius 2 is 2.27 bits per heavy atom. The quantitative estimate of drug-likeness (QED) is 0.781. The van der Waals surface area contributed by atoms with Gasteiger partial charge >= 0.3 is 0 Å². The second-order valence-corrected chi connectivity index (χ2v) is 4.43. The molecule has 0 aromatic carbocycles. The van der Waals surface area contributed by atoms with Gasteiger partial charge in [-0.25, -0.2) is 0 Å². The fourth-order valence-corrected chi connectivity index (χ4v) is 2.30. The Bertz CT molecular complexity index is 338. The van der Waals surface area contributed by atoms with Crippen LogP contribution in [-0.2, 0) is 0 Å². The van der Waals surface area contributed by atoms with Gasteiger partial charge in [0.25, 0.3) is 5.91 Å². The van der Waals surface area contributed by atoms with Gasteiger partial charge in [0.2, 0.25) is 0 Å². The van der Waals surface area contributed by atoms with Gasteiger partial charge < -0.3 is 10.6 Å². The molecule has 0 aliphatic rings. The molecule has 0 saturated heterocycles. The largest absolute Gasteiger partial charge is 0.350 e. The minimum absolute atomic E-state index is 0.0870. The maximum atomic E-state index is 11.6. The molecular formula is C10H15ClN2OS. The van der Waals surface area contributed by atoms with Crippen LogP contribution >= 0.6 is 22.9 Å². The van der Waals surface area contributed by atoms with E-state index in [1.807, 2.05) is 19.2 Å². The lowest BCUT2D eigenvalue weighted by Crippen LogP contribution is -2.31. The van der Waals surface area contributed by atoms with Gasteiger partial charge in [0.15, 0.2) is 0 Å². The topological polar surface area (TPSA) is 41.1 Å². The van der Waals surface area contributed by atoms with E-state index in [1.165, 1.54) is 11.3 Å². The third-order valence-corrected chi connectivity index (χ3v) is 3.64. The summed E-state index contributed by atoms with van der Waals surface area (Å²) in [6.45, 7) is 6.24. The maximum absolute atomic E-state index is 11.6. The Morgan fingerprint density at radius 1 is 1.53 bits per heavy atom. The number of thiophene rings is 1. The predicted molar refractivity (Wildman–Crippen MR) is 64.9 cm³/mol. The highest BCUT2D eigenvalue weighted by atomic mass is 35.5. The van der Waals surface area contributed by atoms with Crippen LogP contribution in [0, 0.1) is 6.92 Å². The number of rotatable bonds is 5. The van der Waals surface area contributed by atoms with Crippen LogP contribution in [0.5, 0.6) is 0 Å². The molecule has 1 aromatic rings. The van der Waals surface area contributed by atoms with E-state index in [2.05, 4.69) is 10.6 Å². The van der Waals surface area contributed by atoms with E-state index in [4.69, 9.17) is 11.6 Å². The van der Waals surface area contributed by atoms with Crippen molar-refractivity contribution in [2.45, 2.75) is 13.8 Å². The summed E-state index contributed by atoms with van der Waals surface area (Å²) in [6, 6.07) is 0. The summed E-state index contributed by atoms with van der Waals surface area (Å²) >= 11 is 7.36. The number of carbonyl (C=O) groups is 1. The summed E-state index contributed by atoms with van der Waals surface area (Å²) in [5, 5.41) is 8.40.